The molecular formula is C13H14BrFN2O. The molecule has 0 aliphatic carbocycles. The monoisotopic (exact) mass is 312 g/mol. The Labute approximate surface area is 114 Å². The Kier molecular flexibility index (Phi) is 4.33. The second kappa shape index (κ2) is 5.79. The number of rotatable bonds is 3. The lowest BCUT2D eigenvalue weighted by atomic mass is 10.1. The topological polar surface area (TPSA) is 47.3 Å². The standard InChI is InChI=1S/C13H14BrFN2O/c14-13-2-1-9(5-16)3-10(13)6-17-7-11(15)4-12(17)8-18/h1-3,11-12,18H,4,6-8H2/t11-,12-/m0/s1. The Morgan fingerprint density at radius 3 is 3.00 bits per heavy atom. The molecule has 0 radical (unpaired) electrons. The van der Waals surface area contributed by atoms with Crippen LogP contribution in [0.3, 0.4) is 0 Å². The van der Waals surface area contributed by atoms with Gasteiger partial charge in [0, 0.05) is 23.6 Å². The lowest BCUT2D eigenvalue weighted by Crippen LogP contribution is -2.31. The fraction of sp³-hybridized carbons (Fsp3) is 0.462. The van der Waals surface area contributed by atoms with Gasteiger partial charge in [-0.2, -0.15) is 5.26 Å². The first-order valence-corrected chi connectivity index (χ1v) is 6.61. The van der Waals surface area contributed by atoms with Gasteiger partial charge in [-0.3, -0.25) is 4.90 Å². The molecule has 0 spiro atoms. The summed E-state index contributed by atoms with van der Waals surface area (Å²) in [6.07, 6.45) is -0.494. The van der Waals surface area contributed by atoms with Gasteiger partial charge in [-0.25, -0.2) is 4.39 Å². The lowest BCUT2D eigenvalue weighted by Gasteiger charge is -2.22. The van der Waals surface area contributed by atoms with Crippen LogP contribution in [0, 0.1) is 11.3 Å². The van der Waals surface area contributed by atoms with Crippen molar-refractivity contribution in [3.05, 3.63) is 33.8 Å². The van der Waals surface area contributed by atoms with E-state index in [0.29, 0.717) is 25.1 Å². The van der Waals surface area contributed by atoms with Crippen LogP contribution in [-0.2, 0) is 6.54 Å². The van der Waals surface area contributed by atoms with Crippen molar-refractivity contribution in [1.82, 2.24) is 4.90 Å². The molecule has 1 fully saturated rings. The second-order valence-corrected chi connectivity index (χ2v) is 5.37. The maximum atomic E-state index is 13.3. The number of hydrogen-bond donors (Lipinski definition) is 1. The third kappa shape index (κ3) is 2.89. The number of benzene rings is 1. The van der Waals surface area contributed by atoms with Gasteiger partial charge in [0.1, 0.15) is 6.17 Å². The zero-order valence-corrected chi connectivity index (χ0v) is 11.4. The number of aliphatic hydroxyl groups is 1. The molecule has 1 aromatic carbocycles. The Hall–Kier alpha value is -0.960. The van der Waals surface area contributed by atoms with E-state index < -0.39 is 6.17 Å². The SMILES string of the molecule is N#Cc1ccc(Br)c(CN2C[C@@H](F)C[C@H]2CO)c1. The van der Waals surface area contributed by atoms with E-state index in [2.05, 4.69) is 22.0 Å². The van der Waals surface area contributed by atoms with Gasteiger partial charge in [0.2, 0.25) is 0 Å². The molecule has 0 aromatic heterocycles. The van der Waals surface area contributed by atoms with E-state index in [4.69, 9.17) is 5.26 Å². The van der Waals surface area contributed by atoms with Gasteiger partial charge in [0.25, 0.3) is 0 Å². The van der Waals surface area contributed by atoms with Crippen LogP contribution in [0.2, 0.25) is 0 Å². The molecule has 2 atom stereocenters. The van der Waals surface area contributed by atoms with Crippen molar-refractivity contribution < 1.29 is 9.50 Å². The number of nitriles is 1. The molecule has 0 saturated carbocycles. The quantitative estimate of drug-likeness (QED) is 0.931. The molecule has 1 aromatic rings. The van der Waals surface area contributed by atoms with Crippen molar-refractivity contribution in [2.45, 2.75) is 25.2 Å². The number of nitrogens with zero attached hydrogens (tertiary/aromatic N) is 2. The highest BCUT2D eigenvalue weighted by molar-refractivity contribution is 9.10. The molecule has 2 rings (SSSR count). The molecule has 0 unspecified atom stereocenters. The molecule has 0 bridgehead atoms. The number of halogens is 2. The van der Waals surface area contributed by atoms with Crippen molar-refractivity contribution >= 4 is 15.9 Å². The molecule has 1 saturated heterocycles. The minimum Gasteiger partial charge on any atom is -0.395 e. The first-order valence-electron chi connectivity index (χ1n) is 5.81. The maximum Gasteiger partial charge on any atom is 0.114 e. The van der Waals surface area contributed by atoms with Crippen molar-refractivity contribution in [3.63, 3.8) is 0 Å². The van der Waals surface area contributed by atoms with Crippen molar-refractivity contribution in [2.24, 2.45) is 0 Å². The van der Waals surface area contributed by atoms with Crippen LogP contribution in [0.4, 0.5) is 4.39 Å². The van der Waals surface area contributed by atoms with Gasteiger partial charge >= 0.3 is 0 Å². The average Bonchev–Trinajstić information content (AvgIpc) is 2.72. The molecule has 1 heterocycles. The van der Waals surface area contributed by atoms with Crippen LogP contribution < -0.4 is 0 Å². The molecule has 1 aliphatic rings. The molecule has 1 N–H and O–H groups in total. The molecule has 0 amide bonds. The summed E-state index contributed by atoms with van der Waals surface area (Å²) in [5.74, 6) is 0. The van der Waals surface area contributed by atoms with E-state index in [1.54, 1.807) is 12.1 Å². The number of aliphatic hydroxyl groups excluding tert-OH is 1. The summed E-state index contributed by atoms with van der Waals surface area (Å²) in [5.41, 5.74) is 1.53. The molecule has 1 aliphatic heterocycles. The summed E-state index contributed by atoms with van der Waals surface area (Å²) in [6, 6.07) is 7.32. The van der Waals surface area contributed by atoms with E-state index in [0.717, 1.165) is 10.0 Å². The summed E-state index contributed by atoms with van der Waals surface area (Å²) in [7, 11) is 0. The normalized spacial score (nSPS) is 24.1. The van der Waals surface area contributed by atoms with Gasteiger partial charge in [0.05, 0.1) is 18.2 Å². The zero-order valence-electron chi connectivity index (χ0n) is 9.81. The van der Waals surface area contributed by atoms with E-state index in [1.807, 2.05) is 11.0 Å². The third-order valence-electron chi connectivity index (χ3n) is 3.24. The van der Waals surface area contributed by atoms with E-state index in [-0.39, 0.29) is 12.6 Å². The van der Waals surface area contributed by atoms with Gasteiger partial charge < -0.3 is 5.11 Å². The highest BCUT2D eigenvalue weighted by Gasteiger charge is 2.31. The van der Waals surface area contributed by atoms with Gasteiger partial charge in [-0.1, -0.05) is 15.9 Å². The highest BCUT2D eigenvalue weighted by Crippen LogP contribution is 2.26. The minimum atomic E-state index is -0.875. The molecule has 96 valence electrons. The zero-order chi connectivity index (χ0) is 13.1. The largest absolute Gasteiger partial charge is 0.395 e. The van der Waals surface area contributed by atoms with E-state index >= 15 is 0 Å². The average molecular weight is 313 g/mol. The Balaban J connectivity index is 2.16. The van der Waals surface area contributed by atoms with E-state index in [9.17, 15) is 9.50 Å². The molecule has 3 nitrogen and oxygen atoms in total. The summed E-state index contributed by atoms with van der Waals surface area (Å²) < 4.78 is 14.2. The Bertz CT molecular complexity index is 475. The summed E-state index contributed by atoms with van der Waals surface area (Å²) in [4.78, 5) is 1.92. The van der Waals surface area contributed by atoms with Crippen LogP contribution in [-0.4, -0.2) is 35.4 Å². The number of likely N-dealkylation sites (tertiary alicyclic amines) is 1. The van der Waals surface area contributed by atoms with E-state index in [1.165, 1.54) is 0 Å². The van der Waals surface area contributed by atoms with Crippen molar-refractivity contribution in [2.75, 3.05) is 13.2 Å². The van der Waals surface area contributed by atoms with Crippen LogP contribution in [0.25, 0.3) is 0 Å². The fourth-order valence-corrected chi connectivity index (χ4v) is 2.66. The highest BCUT2D eigenvalue weighted by atomic mass is 79.9. The van der Waals surface area contributed by atoms with Gasteiger partial charge in [0.15, 0.2) is 0 Å². The van der Waals surface area contributed by atoms with Crippen LogP contribution in [0.15, 0.2) is 22.7 Å². The Morgan fingerprint density at radius 1 is 1.56 bits per heavy atom. The smallest absolute Gasteiger partial charge is 0.114 e. The minimum absolute atomic E-state index is 0.0318. The lowest BCUT2D eigenvalue weighted by molar-refractivity contribution is 0.153. The first-order chi connectivity index (χ1) is 8.63. The molecule has 5 heteroatoms. The van der Waals surface area contributed by atoms with Crippen LogP contribution in [0.5, 0.6) is 0 Å². The Morgan fingerprint density at radius 2 is 2.33 bits per heavy atom. The predicted molar refractivity (Wildman–Crippen MR) is 69.7 cm³/mol. The second-order valence-electron chi connectivity index (χ2n) is 4.52. The fourth-order valence-electron chi connectivity index (χ4n) is 2.29. The number of hydrogen-bond acceptors (Lipinski definition) is 3. The first kappa shape index (κ1) is 13.5. The van der Waals surface area contributed by atoms with Gasteiger partial charge in [-0.15, -0.1) is 0 Å². The van der Waals surface area contributed by atoms with Crippen molar-refractivity contribution in [1.29, 1.82) is 5.26 Å². The molecular weight excluding hydrogens is 299 g/mol. The summed E-state index contributed by atoms with van der Waals surface area (Å²) in [5, 5.41) is 18.1. The van der Waals surface area contributed by atoms with Crippen LogP contribution >= 0.6 is 15.9 Å². The van der Waals surface area contributed by atoms with Crippen LogP contribution in [0.1, 0.15) is 17.5 Å². The third-order valence-corrected chi connectivity index (χ3v) is 4.01. The summed E-state index contributed by atoms with van der Waals surface area (Å²) >= 11 is 3.43. The van der Waals surface area contributed by atoms with Gasteiger partial charge in [-0.05, 0) is 30.2 Å². The maximum absolute atomic E-state index is 13.3. The number of alkyl halides is 1. The predicted octanol–water partition coefficient (Wildman–Crippen LogP) is 2.23. The summed E-state index contributed by atoms with van der Waals surface area (Å²) in [6.45, 7) is 0.853. The van der Waals surface area contributed by atoms with Crippen molar-refractivity contribution in [3.8, 4) is 6.07 Å². The molecule has 18 heavy (non-hydrogen) atoms.